The second-order valence-corrected chi connectivity index (χ2v) is 3.39. The Balaban J connectivity index is 2.40. The summed E-state index contributed by atoms with van der Waals surface area (Å²) in [5.74, 6) is -0.701. The molecule has 0 aliphatic heterocycles. The molecule has 0 bridgehead atoms. The average Bonchev–Trinajstić information content (AvgIpc) is 2.18. The van der Waals surface area contributed by atoms with Crippen LogP contribution in [0.25, 0.3) is 0 Å². The van der Waals surface area contributed by atoms with Crippen molar-refractivity contribution in [2.75, 3.05) is 0 Å². The summed E-state index contributed by atoms with van der Waals surface area (Å²) in [5, 5.41) is 8.75. The first-order valence-electron chi connectivity index (χ1n) is 3.45. The van der Waals surface area contributed by atoms with Crippen molar-refractivity contribution in [3.8, 4) is 0 Å². The summed E-state index contributed by atoms with van der Waals surface area (Å²) in [5.41, 5.74) is 0.108. The monoisotopic (exact) mass is 253 g/mol. The molecule has 71 valence electrons. The van der Waals surface area contributed by atoms with E-state index in [9.17, 15) is 14.9 Å². The number of carbonyl (C=O) groups is 1. The first kappa shape index (κ1) is 10.5. The number of hydrogen-bond acceptors (Lipinski definition) is 6. The molecule has 0 saturated carbocycles. The van der Waals surface area contributed by atoms with Crippen LogP contribution in [0, 0.1) is 10.1 Å². The maximum absolute atomic E-state index is 11.1. The van der Waals surface area contributed by atoms with E-state index in [4.69, 9.17) is 0 Å². The van der Waals surface area contributed by atoms with E-state index >= 15 is 0 Å². The number of carbonyl (C=O) groups excluding carboxylic acids is 1. The number of aromatic nitrogens is 1. The molecule has 1 rings (SSSR count). The van der Waals surface area contributed by atoms with Crippen LogP contribution in [0.15, 0.2) is 24.4 Å². The Morgan fingerprint density at radius 2 is 2.36 bits per heavy atom. The molecule has 0 amide bonds. The van der Waals surface area contributed by atoms with Gasteiger partial charge in [-0.15, -0.1) is 0 Å². The molecule has 14 heavy (non-hydrogen) atoms. The van der Waals surface area contributed by atoms with E-state index in [-0.39, 0.29) is 5.69 Å². The van der Waals surface area contributed by atoms with Gasteiger partial charge in [0.2, 0.25) is 0 Å². The zero-order valence-electron chi connectivity index (χ0n) is 6.82. The molecule has 1 aromatic rings. The van der Waals surface area contributed by atoms with Crippen molar-refractivity contribution in [1.29, 1.82) is 0 Å². The Morgan fingerprint density at radius 3 is 2.93 bits per heavy atom. The number of nitrogens with zero attached hydrogens (tertiary/aromatic N) is 2. The number of pyridine rings is 1. The Labute approximate surface area is 86.8 Å². The average molecular weight is 254 g/mol. The fraction of sp³-hybridized carbons (Fsp3) is 0. The molecular weight excluding hydrogens is 250 g/mol. The predicted octanol–water partition coefficient (Wildman–Crippen LogP) is -0.0191. The van der Waals surface area contributed by atoms with Crippen LogP contribution in [0.5, 0.6) is 0 Å². The van der Waals surface area contributed by atoms with Gasteiger partial charge in [0.15, 0.2) is 0 Å². The SMILES string of the molecule is O=C([O][Ga][O][N+](=O)[O-])c1ccccn1. The van der Waals surface area contributed by atoms with Crippen LogP contribution in [0.3, 0.4) is 0 Å². The summed E-state index contributed by atoms with van der Waals surface area (Å²) in [6.07, 6.45) is 1.43. The van der Waals surface area contributed by atoms with E-state index in [1.54, 1.807) is 12.1 Å². The van der Waals surface area contributed by atoms with E-state index < -0.39 is 29.2 Å². The van der Waals surface area contributed by atoms with Crippen LogP contribution in [0.4, 0.5) is 0 Å². The molecule has 7 nitrogen and oxygen atoms in total. The molecular formula is C6H4GaN2O5. The minimum atomic E-state index is -2.06. The van der Waals surface area contributed by atoms with Gasteiger partial charge in [-0.3, -0.25) is 0 Å². The molecule has 0 aliphatic rings. The molecule has 0 atom stereocenters. The molecule has 0 N–H and O–H groups in total. The van der Waals surface area contributed by atoms with Crippen molar-refractivity contribution in [2.45, 2.75) is 0 Å². The summed E-state index contributed by atoms with van der Waals surface area (Å²) in [6, 6.07) is 4.70. The molecule has 0 saturated heterocycles. The minimum absolute atomic E-state index is 0.108. The van der Waals surface area contributed by atoms with Crippen LogP contribution in [-0.2, 0) is 7.16 Å². The van der Waals surface area contributed by atoms with Crippen molar-refractivity contribution >= 4 is 24.1 Å². The summed E-state index contributed by atoms with van der Waals surface area (Å²) < 4.78 is 8.47. The number of rotatable bonds is 4. The van der Waals surface area contributed by atoms with Crippen molar-refractivity contribution in [3.63, 3.8) is 0 Å². The van der Waals surface area contributed by atoms with Crippen LogP contribution in [-0.4, -0.2) is 34.2 Å². The fourth-order valence-electron chi connectivity index (χ4n) is 0.644. The molecule has 0 aliphatic carbocycles. The van der Waals surface area contributed by atoms with Gasteiger partial charge in [0.05, 0.1) is 0 Å². The van der Waals surface area contributed by atoms with E-state index in [1.807, 2.05) is 0 Å². The molecule has 1 aromatic heterocycles. The van der Waals surface area contributed by atoms with Crippen LogP contribution >= 0.6 is 0 Å². The zero-order valence-corrected chi connectivity index (χ0v) is 9.25. The first-order valence-corrected chi connectivity index (χ1v) is 5.43. The molecule has 0 aromatic carbocycles. The summed E-state index contributed by atoms with van der Waals surface area (Å²) in [4.78, 5) is 24.5. The van der Waals surface area contributed by atoms with Gasteiger partial charge in [-0.1, -0.05) is 0 Å². The van der Waals surface area contributed by atoms with Crippen molar-refractivity contribution in [2.24, 2.45) is 0 Å². The zero-order chi connectivity index (χ0) is 10.4. The standard InChI is InChI=1S/C6H5NO2.Ga.NO3/c8-6(9)5-3-1-2-4-7-5;;2-1(3)4/h1-4H,(H,8,9);;/q;+2;-1/p-1. The van der Waals surface area contributed by atoms with Crippen molar-refractivity contribution in [3.05, 3.63) is 40.2 Å². The van der Waals surface area contributed by atoms with Crippen molar-refractivity contribution < 1.29 is 17.0 Å². The Bertz CT molecular complexity index is 330. The van der Waals surface area contributed by atoms with Gasteiger partial charge >= 0.3 is 86.3 Å². The first-order chi connectivity index (χ1) is 6.70. The molecule has 1 heterocycles. The van der Waals surface area contributed by atoms with Crippen LogP contribution in [0.2, 0.25) is 0 Å². The summed E-state index contributed by atoms with van der Waals surface area (Å²) in [6.45, 7) is 0. The third-order valence-electron chi connectivity index (χ3n) is 1.16. The van der Waals surface area contributed by atoms with E-state index in [0.717, 1.165) is 0 Å². The summed E-state index contributed by atoms with van der Waals surface area (Å²) in [7, 11) is 0. The Kier molecular flexibility index (Phi) is 3.95. The molecule has 0 fully saturated rings. The predicted molar refractivity (Wildman–Crippen MR) is 43.5 cm³/mol. The van der Waals surface area contributed by atoms with Crippen LogP contribution < -0.4 is 0 Å². The Morgan fingerprint density at radius 1 is 1.57 bits per heavy atom. The second kappa shape index (κ2) is 5.24. The van der Waals surface area contributed by atoms with Gasteiger partial charge in [0.25, 0.3) is 0 Å². The molecule has 8 heteroatoms. The van der Waals surface area contributed by atoms with Gasteiger partial charge in [-0.05, 0) is 0 Å². The third kappa shape index (κ3) is 3.45. The normalized spacial score (nSPS) is 8.86. The van der Waals surface area contributed by atoms with Gasteiger partial charge in [-0.2, -0.15) is 0 Å². The molecule has 0 spiro atoms. The van der Waals surface area contributed by atoms with Gasteiger partial charge in [0.1, 0.15) is 0 Å². The van der Waals surface area contributed by atoms with Crippen molar-refractivity contribution in [1.82, 2.24) is 4.98 Å². The summed E-state index contributed by atoms with van der Waals surface area (Å²) >= 11 is -2.06. The van der Waals surface area contributed by atoms with E-state index in [1.165, 1.54) is 12.3 Å². The number of hydrogen-bond donors (Lipinski definition) is 0. The Hall–Kier alpha value is -1.54. The maximum atomic E-state index is 11.1. The fourth-order valence-corrected chi connectivity index (χ4v) is 1.32. The van der Waals surface area contributed by atoms with Gasteiger partial charge in [-0.25, -0.2) is 0 Å². The topological polar surface area (TPSA) is 91.6 Å². The third-order valence-corrected chi connectivity index (χ3v) is 2.35. The second-order valence-electron chi connectivity index (χ2n) is 2.05. The van der Waals surface area contributed by atoms with Crippen LogP contribution in [0.1, 0.15) is 10.5 Å². The van der Waals surface area contributed by atoms with Gasteiger partial charge < -0.3 is 0 Å². The van der Waals surface area contributed by atoms with E-state index in [2.05, 4.69) is 12.1 Å². The quantitative estimate of drug-likeness (QED) is 0.426. The molecule has 0 unspecified atom stereocenters. The molecule has 1 radical (unpaired) electrons. The van der Waals surface area contributed by atoms with Gasteiger partial charge in [0, 0.05) is 0 Å². The van der Waals surface area contributed by atoms with E-state index in [0.29, 0.717) is 0 Å².